The van der Waals surface area contributed by atoms with Crippen molar-refractivity contribution >= 4 is 45.4 Å². The lowest BCUT2D eigenvalue weighted by molar-refractivity contribution is 0.458. The number of nitrogens with zero attached hydrogens (tertiary/aromatic N) is 2. The number of hydrogen-bond donors (Lipinski definition) is 2. The van der Waals surface area contributed by atoms with E-state index in [0.717, 1.165) is 11.5 Å². The van der Waals surface area contributed by atoms with Gasteiger partial charge in [0.25, 0.3) is 0 Å². The van der Waals surface area contributed by atoms with Crippen LogP contribution < -0.4 is 5.32 Å². The van der Waals surface area contributed by atoms with E-state index in [1.54, 1.807) is 18.2 Å². The molecule has 0 aliphatic rings. The molecule has 0 bridgehead atoms. The molecule has 0 amide bonds. The molecule has 17 heavy (non-hydrogen) atoms. The van der Waals surface area contributed by atoms with E-state index in [2.05, 4.69) is 9.69 Å². The van der Waals surface area contributed by atoms with Crippen molar-refractivity contribution in [3.63, 3.8) is 0 Å². The molecule has 0 saturated carbocycles. The third kappa shape index (κ3) is 2.29. The molecule has 2 rings (SSSR count). The smallest absolute Gasteiger partial charge is 0.243 e. The molecule has 2 aromatic rings. The van der Waals surface area contributed by atoms with Crippen molar-refractivity contribution in [1.29, 1.82) is 5.26 Å². The molecule has 1 aromatic carbocycles. The first-order chi connectivity index (χ1) is 8.13. The Morgan fingerprint density at radius 3 is 2.88 bits per heavy atom. The highest BCUT2D eigenvalue weighted by Crippen LogP contribution is 2.36. The highest BCUT2D eigenvalue weighted by molar-refractivity contribution is 7.10. The van der Waals surface area contributed by atoms with E-state index in [1.807, 2.05) is 6.07 Å². The summed E-state index contributed by atoms with van der Waals surface area (Å²) in [6, 6.07) is 6.95. The van der Waals surface area contributed by atoms with Crippen LogP contribution in [0.25, 0.3) is 0 Å². The van der Waals surface area contributed by atoms with Gasteiger partial charge in [-0.2, -0.15) is 9.64 Å². The summed E-state index contributed by atoms with van der Waals surface area (Å²) >= 11 is 12.8. The van der Waals surface area contributed by atoms with Crippen LogP contribution in [-0.4, -0.2) is 9.48 Å². The summed E-state index contributed by atoms with van der Waals surface area (Å²) < 4.78 is 3.67. The average Bonchev–Trinajstić information content (AvgIpc) is 2.66. The Labute approximate surface area is 111 Å². The summed E-state index contributed by atoms with van der Waals surface area (Å²) in [4.78, 5) is 0. The molecule has 0 saturated heterocycles. The van der Waals surface area contributed by atoms with Gasteiger partial charge in [0.15, 0.2) is 5.56 Å². The van der Waals surface area contributed by atoms with Crippen LogP contribution in [0.1, 0.15) is 5.56 Å². The molecule has 1 aromatic heterocycles. The monoisotopic (exact) mass is 285 g/mol. The van der Waals surface area contributed by atoms with Crippen LogP contribution in [0.5, 0.6) is 5.88 Å². The highest BCUT2D eigenvalue weighted by Gasteiger charge is 2.14. The fraction of sp³-hybridized carbons (Fsp3) is 0. The Bertz CT molecular complexity index is 606. The van der Waals surface area contributed by atoms with E-state index in [9.17, 15) is 5.11 Å². The molecule has 7 heteroatoms. The molecule has 0 aliphatic carbocycles. The van der Waals surface area contributed by atoms with Gasteiger partial charge in [0.05, 0.1) is 15.7 Å². The lowest BCUT2D eigenvalue weighted by Crippen LogP contribution is -1.90. The van der Waals surface area contributed by atoms with Crippen LogP contribution in [0, 0.1) is 11.3 Å². The van der Waals surface area contributed by atoms with E-state index in [4.69, 9.17) is 28.5 Å². The minimum absolute atomic E-state index is 0.0889. The highest BCUT2D eigenvalue weighted by atomic mass is 35.5. The number of aromatic hydroxyl groups is 1. The topological polar surface area (TPSA) is 68.9 Å². The summed E-state index contributed by atoms with van der Waals surface area (Å²) in [6.07, 6.45) is 0. The summed E-state index contributed by atoms with van der Waals surface area (Å²) in [5, 5.41) is 22.3. The number of aromatic nitrogens is 1. The second-order valence-electron chi connectivity index (χ2n) is 3.05. The van der Waals surface area contributed by atoms with Crippen LogP contribution in [0.2, 0.25) is 10.0 Å². The number of benzene rings is 1. The first-order valence-electron chi connectivity index (χ1n) is 4.43. The predicted molar refractivity (Wildman–Crippen MR) is 68.2 cm³/mol. The molecule has 0 atom stereocenters. The Morgan fingerprint density at radius 1 is 1.41 bits per heavy atom. The van der Waals surface area contributed by atoms with Crippen molar-refractivity contribution in [2.24, 2.45) is 0 Å². The second kappa shape index (κ2) is 4.80. The molecule has 0 aliphatic heterocycles. The summed E-state index contributed by atoms with van der Waals surface area (Å²) in [5.74, 6) is -0.293. The first kappa shape index (κ1) is 12.0. The van der Waals surface area contributed by atoms with Gasteiger partial charge in [0.1, 0.15) is 11.1 Å². The largest absolute Gasteiger partial charge is 0.492 e. The zero-order valence-corrected chi connectivity index (χ0v) is 10.6. The Balaban J connectivity index is 2.39. The zero-order chi connectivity index (χ0) is 12.4. The predicted octanol–water partition coefficient (Wildman–Crippen LogP) is 3.77. The van der Waals surface area contributed by atoms with Crippen LogP contribution in [0.4, 0.5) is 10.7 Å². The van der Waals surface area contributed by atoms with Gasteiger partial charge in [-0.25, -0.2) is 0 Å². The molecule has 4 nitrogen and oxygen atoms in total. The van der Waals surface area contributed by atoms with Crippen LogP contribution >= 0.6 is 34.7 Å². The number of nitriles is 1. The van der Waals surface area contributed by atoms with Gasteiger partial charge in [0.2, 0.25) is 5.88 Å². The number of rotatable bonds is 2. The SMILES string of the molecule is N#Cc1c(O)nsc1Nc1cccc(Cl)c1Cl. The Morgan fingerprint density at radius 2 is 2.18 bits per heavy atom. The molecule has 0 unspecified atom stereocenters. The van der Waals surface area contributed by atoms with Gasteiger partial charge in [-0.1, -0.05) is 29.3 Å². The maximum Gasteiger partial charge on any atom is 0.243 e. The molecule has 86 valence electrons. The van der Waals surface area contributed by atoms with E-state index in [1.165, 1.54) is 0 Å². The maximum atomic E-state index is 9.31. The third-order valence-corrected chi connectivity index (χ3v) is 3.56. The van der Waals surface area contributed by atoms with Gasteiger partial charge in [-0.05, 0) is 23.7 Å². The molecular formula is C10H5Cl2N3OS. The lowest BCUT2D eigenvalue weighted by Gasteiger charge is -2.06. The molecule has 0 fully saturated rings. The normalized spacial score (nSPS) is 9.94. The van der Waals surface area contributed by atoms with Crippen molar-refractivity contribution < 1.29 is 5.11 Å². The fourth-order valence-corrected chi connectivity index (χ4v) is 2.19. The molecule has 2 N–H and O–H groups in total. The number of anilines is 2. The fourth-order valence-electron chi connectivity index (χ4n) is 1.19. The standard InChI is InChI=1S/C10H5Cl2N3OS/c11-6-2-1-3-7(8(6)12)14-10-5(4-13)9(16)15-17-10/h1-3,14H,(H,15,16). The van der Waals surface area contributed by atoms with Gasteiger partial charge < -0.3 is 10.4 Å². The van der Waals surface area contributed by atoms with Gasteiger partial charge in [-0.15, -0.1) is 0 Å². The van der Waals surface area contributed by atoms with E-state index in [0.29, 0.717) is 20.7 Å². The van der Waals surface area contributed by atoms with Crippen molar-refractivity contribution in [3.05, 3.63) is 33.8 Å². The number of halogens is 2. The van der Waals surface area contributed by atoms with E-state index < -0.39 is 0 Å². The van der Waals surface area contributed by atoms with Crippen molar-refractivity contribution in [2.75, 3.05) is 5.32 Å². The van der Waals surface area contributed by atoms with E-state index in [-0.39, 0.29) is 11.4 Å². The maximum absolute atomic E-state index is 9.31. The summed E-state index contributed by atoms with van der Waals surface area (Å²) in [5.41, 5.74) is 0.644. The minimum atomic E-state index is -0.293. The van der Waals surface area contributed by atoms with Gasteiger partial charge >= 0.3 is 0 Å². The van der Waals surface area contributed by atoms with Gasteiger partial charge in [0, 0.05) is 0 Å². The van der Waals surface area contributed by atoms with Gasteiger partial charge in [-0.3, -0.25) is 0 Å². The Hall–Kier alpha value is -1.48. The summed E-state index contributed by atoms with van der Waals surface area (Å²) in [7, 11) is 0. The molecule has 1 heterocycles. The quantitative estimate of drug-likeness (QED) is 0.881. The van der Waals surface area contributed by atoms with Crippen molar-refractivity contribution in [2.45, 2.75) is 0 Å². The van der Waals surface area contributed by atoms with Crippen molar-refractivity contribution in [1.82, 2.24) is 4.37 Å². The van der Waals surface area contributed by atoms with Crippen molar-refractivity contribution in [3.8, 4) is 11.9 Å². The van der Waals surface area contributed by atoms with Crippen LogP contribution in [0.3, 0.4) is 0 Å². The minimum Gasteiger partial charge on any atom is -0.492 e. The average molecular weight is 286 g/mol. The molecular weight excluding hydrogens is 281 g/mol. The van der Waals surface area contributed by atoms with Crippen LogP contribution in [0.15, 0.2) is 18.2 Å². The first-order valence-corrected chi connectivity index (χ1v) is 5.96. The lowest BCUT2D eigenvalue weighted by atomic mass is 10.3. The van der Waals surface area contributed by atoms with Crippen LogP contribution in [-0.2, 0) is 0 Å². The van der Waals surface area contributed by atoms with E-state index >= 15 is 0 Å². The second-order valence-corrected chi connectivity index (χ2v) is 4.61. The third-order valence-electron chi connectivity index (χ3n) is 1.99. The zero-order valence-electron chi connectivity index (χ0n) is 8.24. The number of nitrogens with one attached hydrogen (secondary N) is 1. The molecule has 0 spiro atoms. The summed E-state index contributed by atoms with van der Waals surface area (Å²) in [6.45, 7) is 0. The molecule has 0 radical (unpaired) electrons. The number of hydrogen-bond acceptors (Lipinski definition) is 5. The Kier molecular flexibility index (Phi) is 3.38.